The molecule has 0 spiro atoms. The topological polar surface area (TPSA) is 96.7 Å². The van der Waals surface area contributed by atoms with Gasteiger partial charge in [0.05, 0.1) is 28.2 Å². The molecule has 2 N–H and O–H groups in total. The van der Waals surface area contributed by atoms with Crippen molar-refractivity contribution in [1.82, 2.24) is 9.97 Å². The smallest absolute Gasteiger partial charge is 0.488 e. The van der Waals surface area contributed by atoms with Gasteiger partial charge in [0.15, 0.2) is 11.5 Å². The monoisotopic (exact) mass is 579 g/mol. The van der Waals surface area contributed by atoms with Gasteiger partial charge in [0.25, 0.3) is 0 Å². The Balaban J connectivity index is 1.19. The second-order valence-corrected chi connectivity index (χ2v) is 14.2. The van der Waals surface area contributed by atoms with E-state index in [9.17, 15) is 9.90 Å². The number of benzene rings is 3. The number of carbonyl (C=O) groups excluding carboxylic acids is 1. The molecule has 1 saturated carbocycles. The number of carbonyl (C=O) groups is 1. The fourth-order valence-electron chi connectivity index (χ4n) is 5.99. The third-order valence-electron chi connectivity index (χ3n) is 9.15. The summed E-state index contributed by atoms with van der Waals surface area (Å²) in [6.07, 6.45) is 1.52. The number of hydrogen-bond acceptors (Lipinski definition) is 6. The molecular formula is C34H38BN3O5+. The van der Waals surface area contributed by atoms with Crippen LogP contribution < -0.4 is 10.2 Å². The van der Waals surface area contributed by atoms with Crippen molar-refractivity contribution < 1.29 is 28.6 Å². The van der Waals surface area contributed by atoms with E-state index in [0.717, 1.165) is 74.1 Å². The second kappa shape index (κ2) is 9.41. The third-order valence-corrected chi connectivity index (χ3v) is 9.15. The molecule has 1 aliphatic carbocycles. The van der Waals surface area contributed by atoms with Gasteiger partial charge in [-0.15, -0.1) is 4.58 Å². The van der Waals surface area contributed by atoms with E-state index >= 15 is 0 Å². The molecule has 0 bridgehead atoms. The van der Waals surface area contributed by atoms with Crippen molar-refractivity contribution in [2.24, 2.45) is 5.92 Å². The molecule has 1 amide bonds. The molecular weight excluding hydrogens is 541 g/mol. The molecule has 1 radical (unpaired) electrons. The van der Waals surface area contributed by atoms with Gasteiger partial charge in [0.1, 0.15) is 18.0 Å². The van der Waals surface area contributed by atoms with Crippen molar-refractivity contribution >= 4 is 46.6 Å². The van der Waals surface area contributed by atoms with Crippen LogP contribution in [-0.2, 0) is 16.0 Å². The lowest BCUT2D eigenvalue weighted by Crippen LogP contribution is -2.49. The minimum atomic E-state index is -0.991. The van der Waals surface area contributed by atoms with E-state index in [1.807, 2.05) is 45.3 Å². The molecule has 4 aromatic rings. The van der Waals surface area contributed by atoms with Crippen LogP contribution >= 0.6 is 0 Å². The molecule has 3 heterocycles. The van der Waals surface area contributed by atoms with Crippen LogP contribution in [0.15, 0.2) is 42.5 Å². The molecule has 2 unspecified atom stereocenters. The highest BCUT2D eigenvalue weighted by Crippen LogP contribution is 2.46. The molecule has 0 saturated heterocycles. The number of imidazole rings is 1. The zero-order chi connectivity index (χ0) is 30.5. The molecule has 1 aromatic heterocycles. The summed E-state index contributed by atoms with van der Waals surface area (Å²) in [5, 5.41) is 12.5. The quantitative estimate of drug-likeness (QED) is 0.225. The van der Waals surface area contributed by atoms with Crippen LogP contribution in [0.2, 0.25) is 0 Å². The summed E-state index contributed by atoms with van der Waals surface area (Å²) < 4.78 is 19.8. The zero-order valence-electron chi connectivity index (χ0n) is 25.9. The highest BCUT2D eigenvalue weighted by Gasteiger charge is 2.57. The molecule has 1 fully saturated rings. The van der Waals surface area contributed by atoms with Gasteiger partial charge < -0.3 is 24.2 Å². The van der Waals surface area contributed by atoms with Gasteiger partial charge in [-0.3, -0.25) is 0 Å². The Morgan fingerprint density at radius 3 is 2.60 bits per heavy atom. The highest BCUT2D eigenvalue weighted by molar-refractivity contribution is 6.47. The molecule has 9 heteroatoms. The average molecular weight is 580 g/mol. The van der Waals surface area contributed by atoms with Crippen molar-refractivity contribution in [3.63, 3.8) is 0 Å². The van der Waals surface area contributed by atoms with Crippen LogP contribution in [0.3, 0.4) is 0 Å². The third kappa shape index (κ3) is 4.92. The van der Waals surface area contributed by atoms with Crippen molar-refractivity contribution in [2.45, 2.75) is 90.8 Å². The lowest BCUT2D eigenvalue weighted by molar-refractivity contribution is -0.491. The Bertz CT molecular complexity index is 1840. The fourth-order valence-corrected chi connectivity index (χ4v) is 5.99. The minimum absolute atomic E-state index is 0.157. The van der Waals surface area contributed by atoms with Gasteiger partial charge in [-0.1, -0.05) is 29.7 Å². The number of rotatable bonds is 5. The number of aliphatic hydroxyl groups is 1. The van der Waals surface area contributed by atoms with Crippen LogP contribution in [0.1, 0.15) is 78.7 Å². The van der Waals surface area contributed by atoms with E-state index in [4.69, 9.17) is 19.1 Å². The van der Waals surface area contributed by atoms with Crippen LogP contribution in [0.4, 0.5) is 4.79 Å². The maximum atomic E-state index is 13.1. The van der Waals surface area contributed by atoms with Gasteiger partial charge in [-0.25, -0.2) is 4.98 Å². The lowest BCUT2D eigenvalue weighted by atomic mass is 9.80. The number of nitrogens with zero attached hydrogens (tertiary/aromatic N) is 2. The number of ether oxygens (including phenoxy) is 2. The van der Waals surface area contributed by atoms with Gasteiger partial charge in [0.2, 0.25) is 6.04 Å². The molecule has 2 atom stereocenters. The van der Waals surface area contributed by atoms with E-state index in [0.29, 0.717) is 12.5 Å². The number of H-pyrrole nitrogens is 1. The number of hydrogen-bond donors (Lipinski definition) is 2. The maximum absolute atomic E-state index is 13.1. The zero-order valence-corrected chi connectivity index (χ0v) is 25.9. The number of amides is 1. The minimum Gasteiger partial charge on any atom is -0.488 e. The molecule has 43 heavy (non-hydrogen) atoms. The number of fused-ring (bicyclic) bond motifs is 7. The first-order valence-electron chi connectivity index (χ1n) is 15.0. The first kappa shape index (κ1) is 28.1. The van der Waals surface area contributed by atoms with Crippen LogP contribution in [0.5, 0.6) is 5.75 Å². The van der Waals surface area contributed by atoms with Crippen molar-refractivity contribution in [2.75, 3.05) is 0 Å². The standard InChI is InChI=1S/C34H38BN3O5/c1-32(2,3)42-31(39)38-26-14-19(26)15-27(38)30-36-25-11-8-18-13-24-22-10-9-21(35-43-34(6,7)33(4,5)40)12-20(22)17-41-28(24)16-23(18)29(25)37-30/h8-13,16,19,27,40H,14-15,17H2,1-7H3,(H,36,37)/q+1. The van der Waals surface area contributed by atoms with Crippen molar-refractivity contribution in [3.8, 4) is 16.9 Å². The maximum Gasteiger partial charge on any atom is 0.597 e. The molecule has 8 nitrogen and oxygen atoms in total. The normalized spacial score (nSPS) is 19.6. The predicted molar refractivity (Wildman–Crippen MR) is 167 cm³/mol. The summed E-state index contributed by atoms with van der Waals surface area (Å²) in [6.45, 7) is 13.4. The van der Waals surface area contributed by atoms with E-state index in [2.05, 4.69) is 41.4 Å². The predicted octanol–water partition coefficient (Wildman–Crippen LogP) is 5.94. The Morgan fingerprint density at radius 2 is 1.86 bits per heavy atom. The fraction of sp³-hybridized carbons (Fsp3) is 0.441. The largest absolute Gasteiger partial charge is 0.597 e. The number of nitrogens with one attached hydrogen (secondary N) is 1. The van der Waals surface area contributed by atoms with Crippen LogP contribution in [-0.4, -0.2) is 55.7 Å². The van der Waals surface area contributed by atoms with Gasteiger partial charge in [-0.05, 0) is 83.2 Å². The first-order chi connectivity index (χ1) is 20.2. The summed E-state index contributed by atoms with van der Waals surface area (Å²) in [6, 6.07) is 14.5. The van der Waals surface area contributed by atoms with Crippen molar-refractivity contribution in [1.29, 1.82) is 0 Å². The van der Waals surface area contributed by atoms with Crippen LogP contribution in [0, 0.1) is 5.92 Å². The molecule has 2 aliphatic heterocycles. The summed E-state index contributed by atoms with van der Waals surface area (Å²) in [7, 11) is 1.70. The summed E-state index contributed by atoms with van der Waals surface area (Å²) in [5.74, 6) is 2.04. The van der Waals surface area contributed by atoms with Gasteiger partial charge in [-0.2, -0.15) is 4.79 Å². The Hall–Kier alpha value is -3.69. The average Bonchev–Trinajstić information content (AvgIpc) is 3.36. The van der Waals surface area contributed by atoms with E-state index in [1.165, 1.54) is 0 Å². The van der Waals surface area contributed by atoms with Crippen molar-refractivity contribution in [3.05, 3.63) is 53.9 Å². The summed E-state index contributed by atoms with van der Waals surface area (Å²) in [4.78, 5) is 21.7. The molecule has 3 aliphatic rings. The van der Waals surface area contributed by atoms with Crippen LogP contribution in [0.25, 0.3) is 32.9 Å². The van der Waals surface area contributed by atoms with E-state index in [1.54, 1.807) is 21.3 Å². The Kier molecular flexibility index (Phi) is 6.15. The second-order valence-electron chi connectivity index (χ2n) is 14.2. The molecule has 7 rings (SSSR count). The van der Waals surface area contributed by atoms with E-state index < -0.39 is 16.8 Å². The summed E-state index contributed by atoms with van der Waals surface area (Å²) in [5.41, 5.74) is 4.82. The number of aromatic amines is 1. The Morgan fingerprint density at radius 1 is 1.07 bits per heavy atom. The number of aromatic nitrogens is 2. The van der Waals surface area contributed by atoms with Gasteiger partial charge >= 0.3 is 13.6 Å². The van der Waals surface area contributed by atoms with Gasteiger partial charge in [0, 0.05) is 23.8 Å². The molecule has 221 valence electrons. The SMILES string of the molecule is CC(C)(C)OC(=O)[N+]1=C2CC2CC1c1nc2c(ccc3cc4c(cc32)OCc2cc([B]OC(C)(C)C(C)(C)O)ccc2-4)[nH]1. The van der Waals surface area contributed by atoms with E-state index in [-0.39, 0.29) is 12.1 Å². The summed E-state index contributed by atoms with van der Waals surface area (Å²) >= 11 is 0. The Labute approximate surface area is 252 Å². The molecule has 3 aromatic carbocycles. The highest BCUT2D eigenvalue weighted by atomic mass is 16.6. The first-order valence-corrected chi connectivity index (χ1v) is 15.0. The lowest BCUT2D eigenvalue weighted by Gasteiger charge is -2.37.